The van der Waals surface area contributed by atoms with E-state index in [-0.39, 0.29) is 12.5 Å². The fourth-order valence-electron chi connectivity index (χ4n) is 2.64. The molecule has 2 aromatic heterocycles. The molecule has 3 rings (SSSR count). The van der Waals surface area contributed by atoms with Crippen LogP contribution in [0.4, 0.5) is 5.69 Å². The number of anilines is 1. The highest BCUT2D eigenvalue weighted by Crippen LogP contribution is 2.29. The predicted molar refractivity (Wildman–Crippen MR) is 112 cm³/mol. The lowest BCUT2D eigenvalue weighted by atomic mass is 10.1. The van der Waals surface area contributed by atoms with Gasteiger partial charge in [0.15, 0.2) is 0 Å². The maximum Gasteiger partial charge on any atom is 0.232 e. The van der Waals surface area contributed by atoms with Crippen molar-refractivity contribution in [2.24, 2.45) is 0 Å². The van der Waals surface area contributed by atoms with Gasteiger partial charge in [0.25, 0.3) is 0 Å². The Hall–Kier alpha value is -2.52. The Bertz CT molecular complexity index is 1030. The van der Waals surface area contributed by atoms with Crippen LogP contribution < -0.4 is 5.32 Å². The van der Waals surface area contributed by atoms with Gasteiger partial charge in [0.05, 0.1) is 47.1 Å². The van der Waals surface area contributed by atoms with Crippen molar-refractivity contribution >= 4 is 38.5 Å². The lowest BCUT2D eigenvalue weighted by Crippen LogP contribution is -2.26. The van der Waals surface area contributed by atoms with E-state index >= 15 is 0 Å². The molecule has 0 aliphatic carbocycles. The van der Waals surface area contributed by atoms with Gasteiger partial charge in [-0.05, 0) is 18.6 Å². The Morgan fingerprint density at radius 2 is 2.11 bits per heavy atom. The number of nitrogens with zero attached hydrogens (tertiary/aromatic N) is 3. The summed E-state index contributed by atoms with van der Waals surface area (Å²) in [7, 11) is -3.26. The molecule has 0 bridgehead atoms. The zero-order valence-corrected chi connectivity index (χ0v) is 17.4. The fourth-order valence-corrected chi connectivity index (χ4v) is 4.06. The van der Waals surface area contributed by atoms with Gasteiger partial charge in [-0.25, -0.2) is 13.4 Å². The average molecular weight is 419 g/mol. The van der Waals surface area contributed by atoms with Gasteiger partial charge in [0, 0.05) is 23.6 Å². The van der Waals surface area contributed by atoms with Crippen LogP contribution in [0, 0.1) is 0 Å². The van der Waals surface area contributed by atoms with Crippen molar-refractivity contribution in [3.8, 4) is 10.6 Å². The molecule has 0 radical (unpaired) electrons. The molecule has 0 fully saturated rings. The van der Waals surface area contributed by atoms with E-state index in [4.69, 9.17) is 0 Å². The summed E-state index contributed by atoms with van der Waals surface area (Å²) in [6.07, 6.45) is 11.9. The standard InChI is InChI=1S/C19H22N4O3S2/c1-3-4-5-19(24)21-15-10-18(27-13-15)17-12-20-11-16(22-17)14-6-8-23(9-7-14)28(2,25)26/h6-8,10-13H,3-5,9H2,1-2H3,(H,21,24). The van der Waals surface area contributed by atoms with E-state index in [0.29, 0.717) is 17.8 Å². The van der Waals surface area contributed by atoms with Crippen molar-refractivity contribution < 1.29 is 13.2 Å². The number of hydrogen-bond donors (Lipinski definition) is 1. The number of sulfonamides is 1. The third-order valence-electron chi connectivity index (χ3n) is 4.16. The van der Waals surface area contributed by atoms with Crippen LogP contribution in [-0.4, -0.2) is 41.4 Å². The van der Waals surface area contributed by atoms with Crippen molar-refractivity contribution in [2.75, 3.05) is 18.1 Å². The maximum atomic E-state index is 11.9. The van der Waals surface area contributed by atoms with Gasteiger partial charge in [-0.2, -0.15) is 0 Å². The van der Waals surface area contributed by atoms with Gasteiger partial charge in [-0.15, -0.1) is 11.3 Å². The largest absolute Gasteiger partial charge is 0.325 e. The molecule has 148 valence electrons. The topological polar surface area (TPSA) is 92.3 Å². The Labute approximate surface area is 168 Å². The van der Waals surface area contributed by atoms with Crippen LogP contribution in [0.15, 0.2) is 42.2 Å². The zero-order chi connectivity index (χ0) is 20.1. The number of allylic oxidation sites excluding steroid dienone is 2. The van der Waals surface area contributed by atoms with Crippen LogP contribution in [0.2, 0.25) is 0 Å². The lowest BCUT2D eigenvalue weighted by molar-refractivity contribution is -0.116. The molecule has 0 atom stereocenters. The highest BCUT2D eigenvalue weighted by Gasteiger charge is 2.16. The molecule has 3 heterocycles. The number of aromatic nitrogens is 2. The number of nitrogens with one attached hydrogen (secondary N) is 1. The molecule has 1 amide bonds. The summed E-state index contributed by atoms with van der Waals surface area (Å²) in [6.45, 7) is 2.32. The van der Waals surface area contributed by atoms with Crippen molar-refractivity contribution in [3.63, 3.8) is 0 Å². The Morgan fingerprint density at radius 1 is 1.32 bits per heavy atom. The smallest absolute Gasteiger partial charge is 0.232 e. The van der Waals surface area contributed by atoms with Crippen LogP contribution in [0.1, 0.15) is 31.9 Å². The minimum Gasteiger partial charge on any atom is -0.325 e. The summed E-state index contributed by atoms with van der Waals surface area (Å²) in [5.41, 5.74) is 2.95. The normalized spacial score (nSPS) is 14.1. The molecule has 1 aliphatic rings. The van der Waals surface area contributed by atoms with Crippen LogP contribution in [0.3, 0.4) is 0 Å². The van der Waals surface area contributed by atoms with E-state index in [1.807, 2.05) is 17.5 Å². The molecule has 1 N–H and O–H groups in total. The number of thiophene rings is 1. The van der Waals surface area contributed by atoms with Gasteiger partial charge >= 0.3 is 0 Å². The summed E-state index contributed by atoms with van der Waals surface area (Å²) in [6, 6.07) is 1.89. The van der Waals surface area contributed by atoms with Crippen molar-refractivity contribution in [1.29, 1.82) is 0 Å². The number of unbranched alkanes of at least 4 members (excludes halogenated alkanes) is 1. The monoisotopic (exact) mass is 418 g/mol. The first-order valence-electron chi connectivity index (χ1n) is 8.93. The minimum absolute atomic E-state index is 0.0129. The molecular formula is C19H22N4O3S2. The molecular weight excluding hydrogens is 396 g/mol. The Morgan fingerprint density at radius 3 is 2.79 bits per heavy atom. The first kappa shape index (κ1) is 20.2. The van der Waals surface area contributed by atoms with Crippen LogP contribution in [-0.2, 0) is 14.8 Å². The highest BCUT2D eigenvalue weighted by atomic mass is 32.2. The van der Waals surface area contributed by atoms with Gasteiger partial charge in [-0.1, -0.05) is 19.4 Å². The Balaban J connectivity index is 1.73. The van der Waals surface area contributed by atoms with E-state index < -0.39 is 10.0 Å². The molecule has 0 spiro atoms. The molecule has 0 saturated carbocycles. The average Bonchev–Trinajstić information content (AvgIpc) is 3.14. The number of rotatable bonds is 7. The molecule has 1 aliphatic heterocycles. The number of carbonyl (C=O) groups excluding carboxylic acids is 1. The third kappa shape index (κ3) is 5.05. The summed E-state index contributed by atoms with van der Waals surface area (Å²) in [4.78, 5) is 21.7. The number of carbonyl (C=O) groups is 1. The predicted octanol–water partition coefficient (Wildman–Crippen LogP) is 3.51. The summed E-state index contributed by atoms with van der Waals surface area (Å²) in [5.74, 6) is 0.0129. The van der Waals surface area contributed by atoms with E-state index in [2.05, 4.69) is 22.2 Å². The van der Waals surface area contributed by atoms with Gasteiger partial charge in [0.2, 0.25) is 15.9 Å². The molecule has 7 nitrogen and oxygen atoms in total. The van der Waals surface area contributed by atoms with Gasteiger partial charge in [-0.3, -0.25) is 14.1 Å². The zero-order valence-electron chi connectivity index (χ0n) is 15.8. The van der Waals surface area contributed by atoms with E-state index in [9.17, 15) is 13.2 Å². The van der Waals surface area contributed by atoms with Crippen molar-refractivity contribution in [3.05, 3.63) is 47.9 Å². The number of hydrogen-bond acceptors (Lipinski definition) is 6. The van der Waals surface area contributed by atoms with E-state index in [1.54, 1.807) is 18.5 Å². The minimum atomic E-state index is -3.26. The molecule has 0 saturated heterocycles. The molecule has 0 aromatic carbocycles. The summed E-state index contributed by atoms with van der Waals surface area (Å²) < 4.78 is 24.5. The van der Waals surface area contributed by atoms with Crippen LogP contribution in [0.5, 0.6) is 0 Å². The summed E-state index contributed by atoms with van der Waals surface area (Å²) in [5, 5.41) is 4.79. The second-order valence-corrected chi connectivity index (χ2v) is 9.30. The van der Waals surface area contributed by atoms with Crippen molar-refractivity contribution in [2.45, 2.75) is 26.2 Å². The fraction of sp³-hybridized carbons (Fsp3) is 0.316. The second-order valence-electron chi connectivity index (χ2n) is 6.45. The Kier molecular flexibility index (Phi) is 6.25. The highest BCUT2D eigenvalue weighted by molar-refractivity contribution is 7.88. The van der Waals surface area contributed by atoms with Gasteiger partial charge < -0.3 is 5.32 Å². The van der Waals surface area contributed by atoms with Crippen LogP contribution in [0.25, 0.3) is 16.1 Å². The first-order valence-corrected chi connectivity index (χ1v) is 11.7. The molecule has 28 heavy (non-hydrogen) atoms. The molecule has 0 unspecified atom stereocenters. The van der Waals surface area contributed by atoms with Crippen LogP contribution >= 0.6 is 11.3 Å². The first-order chi connectivity index (χ1) is 13.4. The van der Waals surface area contributed by atoms with E-state index in [0.717, 1.165) is 29.0 Å². The quantitative estimate of drug-likeness (QED) is 0.743. The lowest BCUT2D eigenvalue weighted by Gasteiger charge is -2.20. The van der Waals surface area contributed by atoms with Gasteiger partial charge in [0.1, 0.15) is 0 Å². The molecule has 2 aromatic rings. The maximum absolute atomic E-state index is 11.9. The second kappa shape index (κ2) is 8.66. The number of amides is 1. The van der Waals surface area contributed by atoms with E-state index in [1.165, 1.54) is 28.1 Å². The summed E-state index contributed by atoms with van der Waals surface area (Å²) >= 11 is 1.49. The SMILES string of the molecule is CCCCC(=O)Nc1csc(-c2cncc(C3=CCN(S(C)(=O)=O)C=C3)n2)c1. The third-order valence-corrected chi connectivity index (χ3v) is 6.24. The molecule has 9 heteroatoms. The van der Waals surface area contributed by atoms with Crippen molar-refractivity contribution in [1.82, 2.24) is 14.3 Å².